The van der Waals surface area contributed by atoms with Crippen LogP contribution in [0.1, 0.15) is 11.1 Å². The van der Waals surface area contributed by atoms with Gasteiger partial charge in [-0.3, -0.25) is 4.98 Å². The Morgan fingerprint density at radius 3 is 2.57 bits per heavy atom. The lowest BCUT2D eigenvalue weighted by atomic mass is 10.1. The number of carbonyl (C=O) groups is 1. The van der Waals surface area contributed by atoms with E-state index in [2.05, 4.69) is 20.9 Å². The van der Waals surface area contributed by atoms with Crippen LogP contribution >= 0.6 is 15.9 Å². The summed E-state index contributed by atoms with van der Waals surface area (Å²) in [5.74, 6) is -0.414. The average Bonchev–Trinajstić information content (AvgIpc) is 3.23. The van der Waals surface area contributed by atoms with E-state index in [0.717, 1.165) is 32.5 Å². The van der Waals surface area contributed by atoms with Gasteiger partial charge in [-0.2, -0.15) is 5.10 Å². The molecule has 6 heteroatoms. The Balaban J connectivity index is 1.55. The van der Waals surface area contributed by atoms with E-state index in [-0.39, 0.29) is 6.61 Å². The molecule has 0 aliphatic rings. The molecule has 0 saturated heterocycles. The number of para-hydroxylation sites is 1. The van der Waals surface area contributed by atoms with Gasteiger partial charge in [0.2, 0.25) is 0 Å². The van der Waals surface area contributed by atoms with Crippen molar-refractivity contribution in [3.8, 4) is 16.9 Å². The van der Waals surface area contributed by atoms with Gasteiger partial charge in [-0.25, -0.2) is 9.48 Å². The van der Waals surface area contributed by atoms with Gasteiger partial charge in [-0.05, 0) is 48.0 Å². The maximum absolute atomic E-state index is 12.2. The average molecular weight is 460 g/mol. The fraction of sp³-hybridized carbons (Fsp3) is 0.0417. The van der Waals surface area contributed by atoms with E-state index in [1.54, 1.807) is 23.2 Å². The molecule has 0 amide bonds. The van der Waals surface area contributed by atoms with Crippen molar-refractivity contribution in [2.75, 3.05) is 0 Å². The molecule has 2 aromatic carbocycles. The number of hydrogen-bond acceptors (Lipinski definition) is 4. The van der Waals surface area contributed by atoms with Crippen molar-refractivity contribution in [1.82, 2.24) is 14.8 Å². The normalized spacial score (nSPS) is 11.0. The molecule has 0 aliphatic heterocycles. The van der Waals surface area contributed by atoms with E-state index in [9.17, 15) is 4.79 Å². The largest absolute Gasteiger partial charge is 0.458 e. The minimum Gasteiger partial charge on any atom is -0.458 e. The second kappa shape index (κ2) is 9.33. The Labute approximate surface area is 182 Å². The van der Waals surface area contributed by atoms with Crippen molar-refractivity contribution >= 4 is 28.0 Å². The molecule has 148 valence electrons. The molecule has 2 heterocycles. The molecule has 0 saturated carbocycles. The molecular formula is C24H18BrN3O2. The van der Waals surface area contributed by atoms with Gasteiger partial charge in [0.1, 0.15) is 12.3 Å². The standard InChI is InChI=1S/C24H18BrN3O2/c25-21-11-8-18(9-12-21)17-30-23(29)13-10-20-16-28(22-6-2-1-3-7-22)27-24(20)19-5-4-14-26-15-19/h1-16H,17H2. The summed E-state index contributed by atoms with van der Waals surface area (Å²) in [6.45, 7) is 0.217. The molecule has 0 N–H and O–H groups in total. The van der Waals surface area contributed by atoms with E-state index in [4.69, 9.17) is 9.84 Å². The van der Waals surface area contributed by atoms with Crippen molar-refractivity contribution in [2.24, 2.45) is 0 Å². The monoisotopic (exact) mass is 459 g/mol. The van der Waals surface area contributed by atoms with E-state index in [1.807, 2.05) is 72.9 Å². The quantitative estimate of drug-likeness (QED) is 0.284. The molecule has 4 aromatic rings. The van der Waals surface area contributed by atoms with Crippen molar-refractivity contribution in [1.29, 1.82) is 0 Å². The summed E-state index contributed by atoms with van der Waals surface area (Å²) in [5, 5.41) is 4.70. The highest BCUT2D eigenvalue weighted by Gasteiger charge is 2.11. The summed E-state index contributed by atoms with van der Waals surface area (Å²) in [5.41, 5.74) is 4.26. The number of carbonyl (C=O) groups excluding carboxylic acids is 1. The molecular weight excluding hydrogens is 442 g/mol. The number of aromatic nitrogens is 3. The fourth-order valence-electron chi connectivity index (χ4n) is 2.89. The van der Waals surface area contributed by atoms with Crippen LogP contribution in [0.3, 0.4) is 0 Å². The zero-order valence-electron chi connectivity index (χ0n) is 16.0. The van der Waals surface area contributed by atoms with Gasteiger partial charge in [0.25, 0.3) is 0 Å². The van der Waals surface area contributed by atoms with Crippen LogP contribution in [0.25, 0.3) is 23.0 Å². The van der Waals surface area contributed by atoms with Crippen LogP contribution in [0.15, 0.2) is 95.9 Å². The van der Waals surface area contributed by atoms with Crippen molar-refractivity contribution in [3.63, 3.8) is 0 Å². The molecule has 0 radical (unpaired) electrons. The minimum absolute atomic E-state index is 0.217. The van der Waals surface area contributed by atoms with E-state index < -0.39 is 5.97 Å². The molecule has 0 unspecified atom stereocenters. The molecule has 30 heavy (non-hydrogen) atoms. The van der Waals surface area contributed by atoms with Crippen LogP contribution in [-0.2, 0) is 16.1 Å². The lowest BCUT2D eigenvalue weighted by Crippen LogP contribution is -2.00. The maximum Gasteiger partial charge on any atom is 0.331 e. The first-order valence-electron chi connectivity index (χ1n) is 9.34. The second-order valence-electron chi connectivity index (χ2n) is 6.52. The first kappa shape index (κ1) is 19.8. The second-order valence-corrected chi connectivity index (χ2v) is 7.44. The number of pyridine rings is 1. The van der Waals surface area contributed by atoms with Gasteiger partial charge in [-0.15, -0.1) is 0 Å². The highest BCUT2D eigenvalue weighted by atomic mass is 79.9. The number of halogens is 1. The molecule has 2 aromatic heterocycles. The summed E-state index contributed by atoms with van der Waals surface area (Å²) in [6.07, 6.45) is 8.49. The van der Waals surface area contributed by atoms with Gasteiger partial charge in [0.15, 0.2) is 0 Å². The first-order valence-corrected chi connectivity index (χ1v) is 10.1. The van der Waals surface area contributed by atoms with Crippen LogP contribution in [0.4, 0.5) is 0 Å². The highest BCUT2D eigenvalue weighted by Crippen LogP contribution is 2.24. The number of esters is 1. The summed E-state index contributed by atoms with van der Waals surface area (Å²) in [4.78, 5) is 16.4. The van der Waals surface area contributed by atoms with E-state index >= 15 is 0 Å². The van der Waals surface area contributed by atoms with Crippen molar-refractivity contribution in [2.45, 2.75) is 6.61 Å². The Morgan fingerprint density at radius 2 is 1.83 bits per heavy atom. The Morgan fingerprint density at radius 1 is 1.03 bits per heavy atom. The predicted molar refractivity (Wildman–Crippen MR) is 120 cm³/mol. The third-order valence-electron chi connectivity index (χ3n) is 4.39. The lowest BCUT2D eigenvalue weighted by Gasteiger charge is -2.02. The van der Waals surface area contributed by atoms with E-state index in [1.165, 1.54) is 6.08 Å². The molecule has 0 aliphatic carbocycles. The van der Waals surface area contributed by atoms with Crippen LogP contribution < -0.4 is 0 Å². The minimum atomic E-state index is -0.414. The van der Waals surface area contributed by atoms with Gasteiger partial charge in [0.05, 0.1) is 5.69 Å². The predicted octanol–water partition coefficient (Wildman–Crippen LogP) is 5.45. The number of rotatable bonds is 6. The molecule has 0 atom stereocenters. The van der Waals surface area contributed by atoms with Crippen molar-refractivity contribution in [3.05, 3.63) is 107 Å². The van der Waals surface area contributed by atoms with Gasteiger partial charge >= 0.3 is 5.97 Å². The molecule has 5 nitrogen and oxygen atoms in total. The Kier molecular flexibility index (Phi) is 6.15. The first-order chi connectivity index (χ1) is 14.7. The van der Waals surface area contributed by atoms with Gasteiger partial charge < -0.3 is 4.74 Å². The van der Waals surface area contributed by atoms with Gasteiger partial charge in [0, 0.05) is 40.3 Å². The van der Waals surface area contributed by atoms with E-state index in [0.29, 0.717) is 0 Å². The molecule has 4 rings (SSSR count). The number of hydrogen-bond donors (Lipinski definition) is 0. The Hall–Kier alpha value is -3.51. The summed E-state index contributed by atoms with van der Waals surface area (Å²) in [6, 6.07) is 21.2. The zero-order valence-corrected chi connectivity index (χ0v) is 17.6. The maximum atomic E-state index is 12.2. The summed E-state index contributed by atoms with van der Waals surface area (Å²) < 4.78 is 8.12. The number of benzene rings is 2. The Bertz CT molecular complexity index is 1150. The summed E-state index contributed by atoms with van der Waals surface area (Å²) in [7, 11) is 0. The highest BCUT2D eigenvalue weighted by molar-refractivity contribution is 9.10. The third kappa shape index (κ3) is 4.90. The van der Waals surface area contributed by atoms with Gasteiger partial charge in [-0.1, -0.05) is 46.3 Å². The van der Waals surface area contributed by atoms with Crippen LogP contribution in [-0.4, -0.2) is 20.7 Å². The molecule has 0 spiro atoms. The van der Waals surface area contributed by atoms with Crippen LogP contribution in [0.5, 0.6) is 0 Å². The number of ether oxygens (including phenoxy) is 1. The van der Waals surface area contributed by atoms with Crippen molar-refractivity contribution < 1.29 is 9.53 Å². The zero-order chi connectivity index (χ0) is 20.8. The molecule has 0 bridgehead atoms. The SMILES string of the molecule is O=C(C=Cc1cn(-c2ccccc2)nc1-c1cccnc1)OCc1ccc(Br)cc1. The molecule has 0 fully saturated rings. The van der Waals surface area contributed by atoms with Crippen LogP contribution in [0.2, 0.25) is 0 Å². The summed E-state index contributed by atoms with van der Waals surface area (Å²) >= 11 is 3.39. The fourth-order valence-corrected chi connectivity index (χ4v) is 3.15. The smallest absolute Gasteiger partial charge is 0.331 e. The van der Waals surface area contributed by atoms with Crippen LogP contribution in [0, 0.1) is 0 Å². The topological polar surface area (TPSA) is 57.0 Å². The number of nitrogens with zero attached hydrogens (tertiary/aromatic N) is 3. The third-order valence-corrected chi connectivity index (χ3v) is 4.92. The lowest BCUT2D eigenvalue weighted by molar-refractivity contribution is -0.138.